The van der Waals surface area contributed by atoms with Crippen molar-refractivity contribution in [3.8, 4) is 0 Å². The van der Waals surface area contributed by atoms with E-state index in [1.165, 1.54) is 12.2 Å². The first-order valence-corrected chi connectivity index (χ1v) is 3.05. The van der Waals surface area contributed by atoms with Gasteiger partial charge >= 0.3 is 0 Å². The zero-order valence-electron chi connectivity index (χ0n) is 5.49. The zero-order chi connectivity index (χ0) is 7.83. The minimum atomic E-state index is -1.94. The first-order chi connectivity index (χ1) is 4.41. The van der Waals surface area contributed by atoms with E-state index in [4.69, 9.17) is 21.1 Å². The normalized spacial score (nSPS) is 38.0. The summed E-state index contributed by atoms with van der Waals surface area (Å²) >= 11 is 0. The summed E-state index contributed by atoms with van der Waals surface area (Å²) in [5.74, 6) is -1.94. The van der Waals surface area contributed by atoms with Gasteiger partial charge in [0.1, 0.15) is 5.72 Å². The second-order valence-corrected chi connectivity index (χ2v) is 2.77. The summed E-state index contributed by atoms with van der Waals surface area (Å²) in [7, 11) is 0. The van der Waals surface area contributed by atoms with Crippen molar-refractivity contribution in [3.63, 3.8) is 0 Å². The molecule has 0 aromatic heterocycles. The van der Waals surface area contributed by atoms with Crippen LogP contribution in [0.2, 0.25) is 0 Å². The minimum absolute atomic E-state index is 0.240. The molecule has 0 saturated carbocycles. The monoisotopic (exact) mass is 145 g/mol. The van der Waals surface area contributed by atoms with E-state index < -0.39 is 11.5 Å². The van der Waals surface area contributed by atoms with Crippen LogP contribution in [0.5, 0.6) is 0 Å². The fourth-order valence-corrected chi connectivity index (χ4v) is 1.03. The lowest BCUT2D eigenvalue weighted by molar-refractivity contribution is -0.167. The van der Waals surface area contributed by atoms with Crippen LogP contribution in [0.3, 0.4) is 0 Å². The molecule has 1 rings (SSSR count). The molecule has 0 radical (unpaired) electrons. The van der Waals surface area contributed by atoms with E-state index in [0.29, 0.717) is 0 Å². The Balaban J connectivity index is 2.73. The molecule has 58 valence electrons. The van der Waals surface area contributed by atoms with Crippen LogP contribution in [0, 0.1) is 0 Å². The van der Waals surface area contributed by atoms with Gasteiger partial charge < -0.3 is 21.1 Å². The van der Waals surface area contributed by atoms with Crippen LogP contribution in [0.15, 0.2) is 12.2 Å². The van der Waals surface area contributed by atoms with Gasteiger partial charge in [0.05, 0.1) is 0 Å². The van der Waals surface area contributed by atoms with Gasteiger partial charge in [-0.3, -0.25) is 0 Å². The molecule has 10 heavy (non-hydrogen) atoms. The van der Waals surface area contributed by atoms with Crippen LogP contribution in [0.4, 0.5) is 0 Å². The van der Waals surface area contributed by atoms with Gasteiger partial charge in [0.2, 0.25) is 0 Å². The first-order valence-electron chi connectivity index (χ1n) is 3.05. The number of hydrogen-bond donors (Lipinski definition) is 4. The van der Waals surface area contributed by atoms with Crippen LogP contribution >= 0.6 is 0 Å². The van der Waals surface area contributed by atoms with E-state index in [2.05, 4.69) is 0 Å². The van der Waals surface area contributed by atoms with Gasteiger partial charge in [0.25, 0.3) is 0 Å². The molecule has 0 saturated heterocycles. The molecule has 0 amide bonds. The van der Waals surface area contributed by atoms with Crippen molar-refractivity contribution in [1.82, 2.24) is 0 Å². The molecule has 1 aliphatic carbocycles. The third-order valence-electron chi connectivity index (χ3n) is 1.42. The molecule has 0 spiro atoms. The number of hydrogen-bond acceptors (Lipinski definition) is 4. The van der Waals surface area contributed by atoms with Crippen molar-refractivity contribution >= 4 is 0 Å². The van der Waals surface area contributed by atoms with Crippen LogP contribution in [-0.4, -0.2) is 26.8 Å². The third kappa shape index (κ3) is 1.78. The molecular weight excluding hydrogens is 134 g/mol. The Labute approximate surface area is 58.6 Å². The Morgan fingerprint density at radius 3 is 2.20 bits per heavy atom. The summed E-state index contributed by atoms with van der Waals surface area (Å²) in [5, 5.41) is 27.0. The fourth-order valence-electron chi connectivity index (χ4n) is 1.03. The Bertz CT molecular complexity index is 162. The van der Waals surface area contributed by atoms with Crippen molar-refractivity contribution in [3.05, 3.63) is 12.2 Å². The lowest BCUT2D eigenvalue weighted by atomic mass is 9.94. The Hall–Kier alpha value is -0.420. The largest absolute Gasteiger partial charge is 0.376 e. The molecule has 0 heterocycles. The summed E-state index contributed by atoms with van der Waals surface area (Å²) in [6.45, 7) is 0. The van der Waals surface area contributed by atoms with Crippen molar-refractivity contribution < 1.29 is 15.3 Å². The number of nitrogens with two attached hydrogens (primary N) is 1. The molecule has 4 nitrogen and oxygen atoms in total. The van der Waals surface area contributed by atoms with Gasteiger partial charge in [-0.2, -0.15) is 0 Å². The van der Waals surface area contributed by atoms with E-state index >= 15 is 0 Å². The summed E-state index contributed by atoms with van der Waals surface area (Å²) in [4.78, 5) is 0. The molecule has 1 unspecified atom stereocenters. The quantitative estimate of drug-likeness (QED) is 0.251. The fraction of sp³-hybridized carbons (Fsp3) is 0.667. The van der Waals surface area contributed by atoms with E-state index in [0.717, 1.165) is 0 Å². The first kappa shape index (κ1) is 7.68. The summed E-state index contributed by atoms with van der Waals surface area (Å²) < 4.78 is 0. The van der Waals surface area contributed by atoms with Gasteiger partial charge in [-0.1, -0.05) is 6.08 Å². The molecule has 0 bridgehead atoms. The maximum atomic E-state index is 9.12. The molecular formula is C6H11NO3. The minimum Gasteiger partial charge on any atom is -0.376 e. The van der Waals surface area contributed by atoms with Crippen molar-refractivity contribution in [2.45, 2.75) is 24.4 Å². The lowest BCUT2D eigenvalue weighted by Gasteiger charge is -2.32. The average Bonchev–Trinajstić information content (AvgIpc) is 1.56. The average molecular weight is 145 g/mol. The zero-order valence-corrected chi connectivity index (χ0v) is 5.49. The molecule has 0 fully saturated rings. The highest BCUT2D eigenvalue weighted by Gasteiger charge is 2.35. The molecule has 0 aromatic rings. The SMILES string of the molecule is NC1(O)CC=CC(O)(O)C1. The van der Waals surface area contributed by atoms with Gasteiger partial charge in [0.15, 0.2) is 5.79 Å². The van der Waals surface area contributed by atoms with Crippen LogP contribution in [0.1, 0.15) is 12.8 Å². The van der Waals surface area contributed by atoms with Crippen molar-refractivity contribution in [2.24, 2.45) is 5.73 Å². The lowest BCUT2D eigenvalue weighted by Crippen LogP contribution is -2.49. The molecule has 1 aliphatic rings. The summed E-state index contributed by atoms with van der Waals surface area (Å²) in [6, 6.07) is 0. The highest BCUT2D eigenvalue weighted by atomic mass is 16.5. The van der Waals surface area contributed by atoms with Crippen molar-refractivity contribution in [1.29, 1.82) is 0 Å². The summed E-state index contributed by atoms with van der Waals surface area (Å²) in [5.41, 5.74) is 3.76. The smallest absolute Gasteiger partial charge is 0.186 e. The maximum Gasteiger partial charge on any atom is 0.186 e. The number of rotatable bonds is 0. The molecule has 0 aromatic carbocycles. The molecule has 5 N–H and O–H groups in total. The van der Waals surface area contributed by atoms with Crippen LogP contribution < -0.4 is 5.73 Å². The highest BCUT2D eigenvalue weighted by molar-refractivity contribution is 5.05. The molecule has 4 heteroatoms. The van der Waals surface area contributed by atoms with Gasteiger partial charge in [-0.25, -0.2) is 0 Å². The van der Waals surface area contributed by atoms with Gasteiger partial charge in [0, 0.05) is 12.8 Å². The Kier molecular flexibility index (Phi) is 1.56. The van der Waals surface area contributed by atoms with Crippen LogP contribution in [0.25, 0.3) is 0 Å². The standard InChI is InChI=1S/C6H11NO3/c7-5(8)2-1-3-6(9,10)4-5/h1,3,8-10H,2,4,7H2. The van der Waals surface area contributed by atoms with E-state index in [1.807, 2.05) is 0 Å². The van der Waals surface area contributed by atoms with E-state index in [1.54, 1.807) is 0 Å². The van der Waals surface area contributed by atoms with E-state index in [-0.39, 0.29) is 12.8 Å². The van der Waals surface area contributed by atoms with Crippen LogP contribution in [-0.2, 0) is 0 Å². The third-order valence-corrected chi connectivity index (χ3v) is 1.42. The highest BCUT2D eigenvalue weighted by Crippen LogP contribution is 2.24. The topological polar surface area (TPSA) is 86.7 Å². The second-order valence-electron chi connectivity index (χ2n) is 2.77. The Morgan fingerprint density at radius 1 is 1.30 bits per heavy atom. The number of aliphatic hydroxyl groups is 3. The maximum absolute atomic E-state index is 9.12. The van der Waals surface area contributed by atoms with Crippen molar-refractivity contribution in [2.75, 3.05) is 0 Å². The predicted molar refractivity (Wildman–Crippen MR) is 34.7 cm³/mol. The van der Waals surface area contributed by atoms with Gasteiger partial charge in [-0.05, 0) is 6.08 Å². The summed E-state index contributed by atoms with van der Waals surface area (Å²) in [6.07, 6.45) is 2.68. The second kappa shape index (κ2) is 2.03. The predicted octanol–water partition coefficient (Wildman–Crippen LogP) is -1.34. The van der Waals surface area contributed by atoms with E-state index in [9.17, 15) is 0 Å². The molecule has 1 atom stereocenters. The molecule has 0 aliphatic heterocycles. The Morgan fingerprint density at radius 2 is 1.90 bits per heavy atom. The van der Waals surface area contributed by atoms with Gasteiger partial charge in [-0.15, -0.1) is 0 Å².